The zero-order chi connectivity index (χ0) is 19.6. The highest BCUT2D eigenvalue weighted by Crippen LogP contribution is 2.32. The standard InChI is InChI=1S/C17H12Cl2N4O4/c18-11-5-8-4-9(17(26)27)16(25)23-15(8)10(14(11)19)7-22-13(24)6-12-20-2-1-3-21-12/h1-5H,6-7H2,(H,22,24)(H,23,25)(H,26,27). The molecular weight excluding hydrogens is 395 g/mol. The Labute approximate surface area is 162 Å². The van der Waals surface area contributed by atoms with Crippen molar-refractivity contribution in [3.05, 3.63) is 67.9 Å². The van der Waals surface area contributed by atoms with Crippen LogP contribution in [0.2, 0.25) is 10.0 Å². The minimum Gasteiger partial charge on any atom is -0.477 e. The number of hydrogen-bond acceptors (Lipinski definition) is 5. The fraction of sp³-hybridized carbons (Fsp3) is 0.118. The van der Waals surface area contributed by atoms with Crippen LogP contribution in [-0.4, -0.2) is 31.9 Å². The highest BCUT2D eigenvalue weighted by molar-refractivity contribution is 6.43. The van der Waals surface area contributed by atoms with E-state index in [1.807, 2.05) is 0 Å². The van der Waals surface area contributed by atoms with Crippen LogP contribution in [0.1, 0.15) is 21.7 Å². The Kier molecular flexibility index (Phi) is 5.38. The van der Waals surface area contributed by atoms with Gasteiger partial charge >= 0.3 is 5.97 Å². The van der Waals surface area contributed by atoms with Gasteiger partial charge in [0.05, 0.1) is 22.0 Å². The SMILES string of the molecule is O=C(Cc1ncccn1)NCc1c(Cl)c(Cl)cc2cc(C(=O)O)c(=O)[nH]c12. The molecule has 0 bridgehead atoms. The quantitative estimate of drug-likeness (QED) is 0.596. The number of benzene rings is 1. The smallest absolute Gasteiger partial charge is 0.341 e. The van der Waals surface area contributed by atoms with Gasteiger partial charge in [-0.3, -0.25) is 9.59 Å². The predicted molar refractivity (Wildman–Crippen MR) is 99.1 cm³/mol. The van der Waals surface area contributed by atoms with Gasteiger partial charge in [0.25, 0.3) is 5.56 Å². The number of carboxylic acid groups (broad SMARTS) is 1. The first-order valence-electron chi connectivity index (χ1n) is 7.66. The van der Waals surface area contributed by atoms with Crippen LogP contribution < -0.4 is 10.9 Å². The number of aromatic amines is 1. The van der Waals surface area contributed by atoms with Crippen molar-refractivity contribution in [3.63, 3.8) is 0 Å². The number of carbonyl (C=O) groups excluding carboxylic acids is 1. The summed E-state index contributed by atoms with van der Waals surface area (Å²) in [6.07, 6.45) is 3.03. The summed E-state index contributed by atoms with van der Waals surface area (Å²) in [7, 11) is 0. The molecular formula is C17H12Cl2N4O4. The molecule has 10 heteroatoms. The van der Waals surface area contributed by atoms with Crippen LogP contribution in [0.25, 0.3) is 10.9 Å². The molecule has 27 heavy (non-hydrogen) atoms. The van der Waals surface area contributed by atoms with Crippen LogP contribution in [-0.2, 0) is 17.8 Å². The summed E-state index contributed by atoms with van der Waals surface area (Å²) in [5, 5.41) is 12.5. The predicted octanol–water partition coefficient (Wildman–Crippen LogP) is 2.18. The van der Waals surface area contributed by atoms with Crippen molar-refractivity contribution in [1.29, 1.82) is 0 Å². The molecule has 0 spiro atoms. The van der Waals surface area contributed by atoms with E-state index in [1.165, 1.54) is 24.5 Å². The molecule has 2 aromatic heterocycles. The highest BCUT2D eigenvalue weighted by atomic mass is 35.5. The van der Waals surface area contributed by atoms with Gasteiger partial charge in [0.2, 0.25) is 5.91 Å². The van der Waals surface area contributed by atoms with Gasteiger partial charge in [-0.15, -0.1) is 0 Å². The van der Waals surface area contributed by atoms with Crippen molar-refractivity contribution in [2.75, 3.05) is 0 Å². The summed E-state index contributed by atoms with van der Waals surface area (Å²) in [4.78, 5) is 45.7. The lowest BCUT2D eigenvalue weighted by Gasteiger charge is -2.12. The van der Waals surface area contributed by atoms with E-state index in [-0.39, 0.29) is 28.9 Å². The summed E-state index contributed by atoms with van der Waals surface area (Å²) >= 11 is 12.3. The summed E-state index contributed by atoms with van der Waals surface area (Å²) < 4.78 is 0. The number of rotatable bonds is 5. The average Bonchev–Trinajstić information content (AvgIpc) is 2.63. The molecule has 2 heterocycles. The Morgan fingerprint density at radius 3 is 2.56 bits per heavy atom. The van der Waals surface area contributed by atoms with Crippen LogP contribution in [0.3, 0.4) is 0 Å². The molecule has 3 aromatic rings. The van der Waals surface area contributed by atoms with Gasteiger partial charge in [0.1, 0.15) is 11.4 Å². The fourth-order valence-electron chi connectivity index (χ4n) is 2.50. The molecule has 0 saturated carbocycles. The number of carbonyl (C=O) groups is 2. The minimum absolute atomic E-state index is 0.0239. The second kappa shape index (κ2) is 7.73. The fourth-order valence-corrected chi connectivity index (χ4v) is 2.95. The topological polar surface area (TPSA) is 125 Å². The Balaban J connectivity index is 1.92. The first kappa shape index (κ1) is 18.8. The molecule has 8 nitrogen and oxygen atoms in total. The van der Waals surface area contributed by atoms with Crippen molar-refractivity contribution < 1.29 is 14.7 Å². The first-order chi connectivity index (χ1) is 12.9. The van der Waals surface area contributed by atoms with Crippen LogP contribution in [0.4, 0.5) is 0 Å². The van der Waals surface area contributed by atoms with Crippen LogP contribution in [0, 0.1) is 0 Å². The molecule has 0 saturated heterocycles. The Bertz CT molecular complexity index is 1100. The maximum absolute atomic E-state index is 12.1. The van der Waals surface area contributed by atoms with Gasteiger partial charge < -0.3 is 15.4 Å². The lowest BCUT2D eigenvalue weighted by Crippen LogP contribution is -2.26. The van der Waals surface area contributed by atoms with E-state index in [9.17, 15) is 14.4 Å². The van der Waals surface area contributed by atoms with E-state index in [4.69, 9.17) is 28.3 Å². The van der Waals surface area contributed by atoms with E-state index in [0.29, 0.717) is 22.3 Å². The van der Waals surface area contributed by atoms with Gasteiger partial charge in [0.15, 0.2) is 0 Å². The molecule has 0 fully saturated rings. The minimum atomic E-state index is -1.36. The summed E-state index contributed by atoms with van der Waals surface area (Å²) in [6.45, 7) is -0.0239. The van der Waals surface area contributed by atoms with Crippen molar-refractivity contribution in [1.82, 2.24) is 20.3 Å². The summed E-state index contributed by atoms with van der Waals surface area (Å²) in [6, 6.07) is 4.30. The molecule has 3 rings (SSSR count). The zero-order valence-electron chi connectivity index (χ0n) is 13.6. The Morgan fingerprint density at radius 1 is 1.19 bits per heavy atom. The van der Waals surface area contributed by atoms with Crippen molar-refractivity contribution in [2.45, 2.75) is 13.0 Å². The second-order valence-corrected chi connectivity index (χ2v) is 6.34. The molecule has 1 aromatic carbocycles. The number of halogens is 2. The summed E-state index contributed by atoms with van der Waals surface area (Å²) in [5.74, 6) is -1.35. The highest BCUT2D eigenvalue weighted by Gasteiger charge is 2.17. The molecule has 0 unspecified atom stereocenters. The number of amides is 1. The molecule has 0 radical (unpaired) electrons. The van der Waals surface area contributed by atoms with Gasteiger partial charge in [-0.2, -0.15) is 0 Å². The van der Waals surface area contributed by atoms with E-state index in [0.717, 1.165) is 0 Å². The van der Waals surface area contributed by atoms with Gasteiger partial charge in [-0.25, -0.2) is 14.8 Å². The molecule has 0 aliphatic carbocycles. The van der Waals surface area contributed by atoms with Gasteiger partial charge in [0, 0.05) is 29.9 Å². The summed E-state index contributed by atoms with van der Waals surface area (Å²) in [5.41, 5.74) is -0.526. The molecule has 0 atom stereocenters. The lowest BCUT2D eigenvalue weighted by molar-refractivity contribution is -0.120. The van der Waals surface area contributed by atoms with Crippen molar-refractivity contribution >= 4 is 46.0 Å². The van der Waals surface area contributed by atoms with E-state index in [1.54, 1.807) is 6.07 Å². The first-order valence-corrected chi connectivity index (χ1v) is 8.42. The maximum Gasteiger partial charge on any atom is 0.341 e. The number of aromatic nitrogens is 3. The van der Waals surface area contributed by atoms with Crippen LogP contribution in [0.5, 0.6) is 0 Å². The third kappa shape index (κ3) is 4.07. The second-order valence-electron chi connectivity index (χ2n) is 5.55. The molecule has 3 N–H and O–H groups in total. The number of nitrogens with zero attached hydrogens (tertiary/aromatic N) is 2. The van der Waals surface area contributed by atoms with E-state index >= 15 is 0 Å². The van der Waals surface area contributed by atoms with Gasteiger partial charge in [-0.1, -0.05) is 23.2 Å². The number of aromatic carboxylic acids is 1. The maximum atomic E-state index is 12.1. The lowest BCUT2D eigenvalue weighted by atomic mass is 10.1. The largest absolute Gasteiger partial charge is 0.477 e. The number of nitrogens with one attached hydrogen (secondary N) is 2. The molecule has 138 valence electrons. The normalized spacial score (nSPS) is 10.7. The molecule has 0 aliphatic rings. The van der Waals surface area contributed by atoms with Gasteiger partial charge in [-0.05, 0) is 18.2 Å². The Hall–Kier alpha value is -2.97. The molecule has 0 aliphatic heterocycles. The van der Waals surface area contributed by atoms with Crippen molar-refractivity contribution in [3.8, 4) is 0 Å². The third-order valence-corrected chi connectivity index (χ3v) is 4.59. The Morgan fingerprint density at radius 2 is 1.89 bits per heavy atom. The number of carboxylic acids is 1. The number of fused-ring (bicyclic) bond motifs is 1. The monoisotopic (exact) mass is 406 g/mol. The number of hydrogen-bond donors (Lipinski definition) is 3. The molecule has 1 amide bonds. The van der Waals surface area contributed by atoms with Crippen LogP contribution in [0.15, 0.2) is 35.4 Å². The van der Waals surface area contributed by atoms with E-state index < -0.39 is 17.1 Å². The third-order valence-electron chi connectivity index (χ3n) is 3.76. The number of pyridine rings is 1. The van der Waals surface area contributed by atoms with Crippen LogP contribution >= 0.6 is 23.2 Å². The average molecular weight is 407 g/mol. The zero-order valence-corrected chi connectivity index (χ0v) is 15.1. The van der Waals surface area contributed by atoms with E-state index in [2.05, 4.69) is 20.3 Å². The number of H-pyrrole nitrogens is 1. The van der Waals surface area contributed by atoms with Crippen molar-refractivity contribution in [2.24, 2.45) is 0 Å².